The number of amides is 1. The molecule has 1 N–H and O–H groups in total. The third-order valence-electron chi connectivity index (χ3n) is 4.65. The summed E-state index contributed by atoms with van der Waals surface area (Å²) in [5, 5.41) is 6.57. The van der Waals surface area contributed by atoms with Gasteiger partial charge in [0.25, 0.3) is 5.89 Å². The molecule has 1 fully saturated rings. The summed E-state index contributed by atoms with van der Waals surface area (Å²) in [7, 11) is 0. The highest BCUT2D eigenvalue weighted by Crippen LogP contribution is 2.27. The van der Waals surface area contributed by atoms with Gasteiger partial charge in [0.2, 0.25) is 0 Å². The fourth-order valence-electron chi connectivity index (χ4n) is 3.30. The van der Waals surface area contributed by atoms with Crippen LogP contribution in [0.25, 0.3) is 22.6 Å². The zero-order valence-electron chi connectivity index (χ0n) is 14.8. The van der Waals surface area contributed by atoms with Crippen LogP contribution in [-0.2, 0) is 0 Å². The van der Waals surface area contributed by atoms with E-state index in [1.54, 1.807) is 18.5 Å². The minimum Gasteiger partial charge on any atom is -0.410 e. The van der Waals surface area contributed by atoms with Gasteiger partial charge in [-0.05, 0) is 36.6 Å². The number of carbonyl (C=O) groups excluding carboxylic acids is 1. The van der Waals surface area contributed by atoms with Crippen LogP contribution in [0, 0.1) is 0 Å². The van der Waals surface area contributed by atoms with E-state index in [4.69, 9.17) is 9.26 Å². The molecule has 1 aliphatic rings. The van der Waals surface area contributed by atoms with Crippen LogP contribution in [0.1, 0.15) is 32.1 Å². The standard InChI is InChI=1S/C20H20N4O3/c25-20(24-17-6-2-1-3-7-17)26-18-8-4-5-14(10-18)15-9-16(12-21-11-15)19-22-13-23-27-19/h4-5,8-13,17H,1-3,6-7H2,(H,24,25). The van der Waals surface area contributed by atoms with E-state index in [9.17, 15) is 4.79 Å². The van der Waals surface area contributed by atoms with E-state index >= 15 is 0 Å². The first-order valence-electron chi connectivity index (χ1n) is 9.09. The molecule has 0 unspecified atom stereocenters. The van der Waals surface area contributed by atoms with E-state index in [0.717, 1.165) is 42.4 Å². The lowest BCUT2D eigenvalue weighted by Gasteiger charge is -2.22. The molecule has 4 rings (SSSR count). The summed E-state index contributed by atoms with van der Waals surface area (Å²) in [6.45, 7) is 0. The van der Waals surface area contributed by atoms with E-state index < -0.39 is 6.09 Å². The predicted octanol–water partition coefficient (Wildman–Crippen LogP) is 4.22. The maximum atomic E-state index is 12.2. The third kappa shape index (κ3) is 4.31. The highest BCUT2D eigenvalue weighted by atomic mass is 16.6. The number of benzene rings is 1. The fraction of sp³-hybridized carbons (Fsp3) is 0.300. The molecule has 0 atom stereocenters. The molecule has 1 saturated carbocycles. The van der Waals surface area contributed by atoms with Crippen molar-refractivity contribution in [3.63, 3.8) is 0 Å². The number of ether oxygens (including phenoxy) is 1. The normalized spacial score (nSPS) is 14.7. The summed E-state index contributed by atoms with van der Waals surface area (Å²) in [5.41, 5.74) is 2.47. The molecule has 7 heteroatoms. The van der Waals surface area contributed by atoms with Crippen LogP contribution in [0.4, 0.5) is 4.79 Å². The number of nitrogens with zero attached hydrogens (tertiary/aromatic N) is 3. The van der Waals surface area contributed by atoms with Gasteiger partial charge >= 0.3 is 6.09 Å². The second-order valence-electron chi connectivity index (χ2n) is 6.61. The molecule has 27 heavy (non-hydrogen) atoms. The van der Waals surface area contributed by atoms with Gasteiger partial charge in [0.05, 0.1) is 5.56 Å². The molecule has 1 aromatic carbocycles. The van der Waals surface area contributed by atoms with E-state index in [0.29, 0.717) is 11.6 Å². The van der Waals surface area contributed by atoms with Crippen molar-refractivity contribution in [1.29, 1.82) is 0 Å². The Balaban J connectivity index is 1.47. The predicted molar refractivity (Wildman–Crippen MR) is 99.0 cm³/mol. The Bertz CT molecular complexity index is 905. The van der Waals surface area contributed by atoms with Gasteiger partial charge in [-0.3, -0.25) is 4.98 Å². The van der Waals surface area contributed by atoms with Gasteiger partial charge in [0.15, 0.2) is 6.33 Å². The Hall–Kier alpha value is -3.22. The zero-order chi connectivity index (χ0) is 18.5. The molecular weight excluding hydrogens is 344 g/mol. The van der Waals surface area contributed by atoms with Crippen LogP contribution < -0.4 is 10.1 Å². The van der Waals surface area contributed by atoms with Crippen molar-refractivity contribution in [2.75, 3.05) is 0 Å². The van der Waals surface area contributed by atoms with Gasteiger partial charge in [-0.25, -0.2) is 4.79 Å². The molecule has 1 amide bonds. The Kier molecular flexibility index (Phi) is 5.09. The monoisotopic (exact) mass is 364 g/mol. The lowest BCUT2D eigenvalue weighted by molar-refractivity contribution is 0.192. The molecule has 2 aromatic heterocycles. The number of carbonyl (C=O) groups is 1. The molecule has 138 valence electrons. The topological polar surface area (TPSA) is 90.1 Å². The lowest BCUT2D eigenvalue weighted by atomic mass is 9.96. The summed E-state index contributed by atoms with van der Waals surface area (Å²) >= 11 is 0. The Morgan fingerprint density at radius 1 is 1.07 bits per heavy atom. The molecule has 0 radical (unpaired) electrons. The number of hydrogen-bond donors (Lipinski definition) is 1. The van der Waals surface area contributed by atoms with Gasteiger partial charge < -0.3 is 14.6 Å². The summed E-state index contributed by atoms with van der Waals surface area (Å²) in [6.07, 6.45) is 9.93. The van der Waals surface area contributed by atoms with Crippen LogP contribution in [0.15, 0.2) is 53.6 Å². The smallest absolute Gasteiger partial charge is 0.410 e. The summed E-state index contributed by atoms with van der Waals surface area (Å²) in [5.74, 6) is 0.896. The molecule has 1 aliphatic carbocycles. The van der Waals surface area contributed by atoms with Gasteiger partial charge in [0.1, 0.15) is 5.75 Å². The lowest BCUT2D eigenvalue weighted by Crippen LogP contribution is -2.37. The second-order valence-corrected chi connectivity index (χ2v) is 6.61. The van der Waals surface area contributed by atoms with Crippen LogP contribution in [-0.4, -0.2) is 27.3 Å². The van der Waals surface area contributed by atoms with Crippen molar-refractivity contribution < 1.29 is 14.1 Å². The molecule has 3 aromatic rings. The molecule has 0 bridgehead atoms. The van der Waals surface area contributed by atoms with E-state index in [1.165, 1.54) is 12.7 Å². The van der Waals surface area contributed by atoms with Crippen LogP contribution in [0.5, 0.6) is 5.75 Å². The Labute approximate surface area is 156 Å². The first-order valence-corrected chi connectivity index (χ1v) is 9.09. The maximum Gasteiger partial charge on any atom is 0.412 e. The first-order chi connectivity index (χ1) is 13.3. The Morgan fingerprint density at radius 2 is 1.93 bits per heavy atom. The minimum atomic E-state index is -0.406. The highest BCUT2D eigenvalue weighted by molar-refractivity contribution is 5.73. The van der Waals surface area contributed by atoms with E-state index in [1.807, 2.05) is 24.3 Å². The summed E-state index contributed by atoms with van der Waals surface area (Å²) < 4.78 is 10.6. The van der Waals surface area contributed by atoms with Crippen molar-refractivity contribution in [3.05, 3.63) is 49.1 Å². The van der Waals surface area contributed by atoms with Gasteiger partial charge in [0, 0.05) is 24.0 Å². The van der Waals surface area contributed by atoms with Gasteiger partial charge in [-0.1, -0.05) is 36.6 Å². The van der Waals surface area contributed by atoms with Gasteiger partial charge in [-0.15, -0.1) is 0 Å². The first kappa shape index (κ1) is 17.2. The molecule has 7 nitrogen and oxygen atoms in total. The zero-order valence-corrected chi connectivity index (χ0v) is 14.8. The molecule has 2 heterocycles. The van der Waals surface area contributed by atoms with E-state index in [2.05, 4.69) is 20.4 Å². The van der Waals surface area contributed by atoms with Crippen molar-refractivity contribution >= 4 is 6.09 Å². The van der Waals surface area contributed by atoms with Crippen LogP contribution in [0.2, 0.25) is 0 Å². The van der Waals surface area contributed by atoms with Crippen LogP contribution in [0.3, 0.4) is 0 Å². The van der Waals surface area contributed by atoms with Crippen LogP contribution >= 0.6 is 0 Å². The van der Waals surface area contributed by atoms with Crippen molar-refractivity contribution in [3.8, 4) is 28.3 Å². The largest absolute Gasteiger partial charge is 0.412 e. The number of rotatable bonds is 4. The van der Waals surface area contributed by atoms with Crippen molar-refractivity contribution in [2.45, 2.75) is 38.1 Å². The summed E-state index contributed by atoms with van der Waals surface area (Å²) in [4.78, 5) is 20.4. The van der Waals surface area contributed by atoms with Crippen molar-refractivity contribution in [2.24, 2.45) is 0 Å². The third-order valence-corrected chi connectivity index (χ3v) is 4.65. The van der Waals surface area contributed by atoms with Gasteiger partial charge in [-0.2, -0.15) is 4.98 Å². The number of aromatic nitrogens is 3. The SMILES string of the molecule is O=C(NC1CCCCC1)Oc1cccc(-c2cncc(-c3ncno3)c2)c1. The quantitative estimate of drug-likeness (QED) is 0.745. The number of nitrogens with one attached hydrogen (secondary N) is 1. The maximum absolute atomic E-state index is 12.2. The number of hydrogen-bond acceptors (Lipinski definition) is 6. The average molecular weight is 364 g/mol. The molecule has 0 spiro atoms. The Morgan fingerprint density at radius 3 is 2.74 bits per heavy atom. The average Bonchev–Trinajstić information content (AvgIpc) is 3.24. The number of pyridine rings is 1. The van der Waals surface area contributed by atoms with E-state index in [-0.39, 0.29) is 6.04 Å². The summed E-state index contributed by atoms with van der Waals surface area (Å²) in [6, 6.07) is 9.47. The highest BCUT2D eigenvalue weighted by Gasteiger charge is 2.17. The molecule has 0 saturated heterocycles. The van der Waals surface area contributed by atoms with Crippen molar-refractivity contribution in [1.82, 2.24) is 20.4 Å². The second kappa shape index (κ2) is 7.99. The fourth-order valence-corrected chi connectivity index (χ4v) is 3.30. The molecule has 0 aliphatic heterocycles. The molecular formula is C20H20N4O3. The minimum absolute atomic E-state index is 0.213.